The highest BCUT2D eigenvalue weighted by atomic mass is 16.7. The van der Waals surface area contributed by atoms with E-state index in [-0.39, 0.29) is 18.1 Å². The van der Waals surface area contributed by atoms with Crippen LogP contribution in [0.25, 0.3) is 0 Å². The Balaban J connectivity index is 1.40. The molecule has 1 amide bonds. The molecule has 6 heteroatoms. The van der Waals surface area contributed by atoms with Crippen molar-refractivity contribution >= 4 is 5.91 Å². The molecule has 1 unspecified atom stereocenters. The summed E-state index contributed by atoms with van der Waals surface area (Å²) in [5.41, 5.74) is 0.643. The number of ether oxygens (including phenoxy) is 4. The molecule has 1 aromatic rings. The minimum Gasteiger partial charge on any atom is -0.486 e. The van der Waals surface area contributed by atoms with Crippen molar-refractivity contribution in [3.63, 3.8) is 0 Å². The van der Waals surface area contributed by atoms with E-state index in [0.29, 0.717) is 26.4 Å². The molecule has 1 saturated carbocycles. The number of hydrogen-bond donors (Lipinski definition) is 0. The zero-order valence-corrected chi connectivity index (χ0v) is 16.4. The SMILES string of the molecule is O=C(N1CCCC(C2OCCO2)C1)C1(c2ccc3c(c2)OCCO3)CCCC1. The van der Waals surface area contributed by atoms with Gasteiger partial charge in [0.15, 0.2) is 17.8 Å². The fourth-order valence-electron chi connectivity index (χ4n) is 5.31. The quantitative estimate of drug-likeness (QED) is 0.798. The maximum Gasteiger partial charge on any atom is 0.233 e. The molecule has 28 heavy (non-hydrogen) atoms. The van der Waals surface area contributed by atoms with Gasteiger partial charge in [0.1, 0.15) is 13.2 Å². The van der Waals surface area contributed by atoms with Gasteiger partial charge in [-0.1, -0.05) is 18.9 Å². The van der Waals surface area contributed by atoms with Crippen LogP contribution in [-0.4, -0.2) is 56.6 Å². The van der Waals surface area contributed by atoms with Crippen LogP contribution >= 0.6 is 0 Å². The second kappa shape index (κ2) is 7.56. The monoisotopic (exact) mass is 387 g/mol. The number of piperidine rings is 1. The lowest BCUT2D eigenvalue weighted by atomic mass is 9.76. The maximum atomic E-state index is 13.8. The molecule has 3 fully saturated rings. The number of carbonyl (C=O) groups is 1. The second-order valence-electron chi connectivity index (χ2n) is 8.41. The van der Waals surface area contributed by atoms with E-state index in [2.05, 4.69) is 11.0 Å². The molecule has 5 rings (SSSR count). The molecule has 3 aliphatic heterocycles. The number of rotatable bonds is 3. The molecule has 0 radical (unpaired) electrons. The Labute approximate surface area is 166 Å². The normalized spacial score (nSPS) is 27.1. The van der Waals surface area contributed by atoms with Gasteiger partial charge in [-0.15, -0.1) is 0 Å². The summed E-state index contributed by atoms with van der Waals surface area (Å²) in [5, 5.41) is 0. The lowest BCUT2D eigenvalue weighted by Gasteiger charge is -2.40. The van der Waals surface area contributed by atoms with E-state index < -0.39 is 5.41 Å². The third kappa shape index (κ3) is 3.16. The Kier molecular flexibility index (Phi) is 4.93. The van der Waals surface area contributed by atoms with Crippen LogP contribution in [0.1, 0.15) is 44.1 Å². The van der Waals surface area contributed by atoms with Gasteiger partial charge < -0.3 is 23.8 Å². The first-order valence-corrected chi connectivity index (χ1v) is 10.7. The molecule has 0 aromatic heterocycles. The Hall–Kier alpha value is -1.79. The van der Waals surface area contributed by atoms with Crippen molar-refractivity contribution in [3.05, 3.63) is 23.8 Å². The molecule has 0 N–H and O–H groups in total. The molecule has 3 heterocycles. The Bertz CT molecular complexity index is 724. The van der Waals surface area contributed by atoms with Crippen molar-refractivity contribution in [2.45, 2.75) is 50.2 Å². The molecule has 0 spiro atoms. The molecule has 1 aliphatic carbocycles. The van der Waals surface area contributed by atoms with Crippen LogP contribution in [-0.2, 0) is 19.7 Å². The standard InChI is InChI=1S/C22H29NO5/c24-21(23-9-3-4-16(15-23)20-27-12-13-28-20)22(7-1-2-8-22)17-5-6-18-19(14-17)26-11-10-25-18/h5-6,14,16,20H,1-4,7-13,15H2. The van der Waals surface area contributed by atoms with Crippen molar-refractivity contribution in [1.29, 1.82) is 0 Å². The van der Waals surface area contributed by atoms with Gasteiger partial charge in [0.25, 0.3) is 0 Å². The summed E-state index contributed by atoms with van der Waals surface area (Å²) < 4.78 is 22.9. The average molecular weight is 387 g/mol. The Morgan fingerprint density at radius 2 is 1.71 bits per heavy atom. The third-order valence-corrected chi connectivity index (χ3v) is 6.74. The summed E-state index contributed by atoms with van der Waals surface area (Å²) in [6.07, 6.45) is 5.91. The predicted octanol–water partition coefficient (Wildman–Crippen LogP) is 2.88. The minimum atomic E-state index is -0.435. The zero-order valence-electron chi connectivity index (χ0n) is 16.4. The highest BCUT2D eigenvalue weighted by molar-refractivity contribution is 5.89. The van der Waals surface area contributed by atoms with Gasteiger partial charge in [0.05, 0.1) is 18.6 Å². The second-order valence-corrected chi connectivity index (χ2v) is 8.41. The average Bonchev–Trinajstić information content (AvgIpc) is 3.46. The van der Waals surface area contributed by atoms with Gasteiger partial charge in [-0.3, -0.25) is 4.79 Å². The van der Waals surface area contributed by atoms with E-state index in [9.17, 15) is 4.79 Å². The first-order valence-electron chi connectivity index (χ1n) is 10.7. The topological polar surface area (TPSA) is 57.2 Å². The van der Waals surface area contributed by atoms with Gasteiger partial charge in [0, 0.05) is 19.0 Å². The Morgan fingerprint density at radius 1 is 0.964 bits per heavy atom. The zero-order chi connectivity index (χ0) is 19.0. The van der Waals surface area contributed by atoms with Crippen LogP contribution < -0.4 is 9.47 Å². The highest BCUT2D eigenvalue weighted by Crippen LogP contribution is 2.46. The molecule has 4 aliphatic rings. The number of hydrogen-bond acceptors (Lipinski definition) is 5. The smallest absolute Gasteiger partial charge is 0.233 e. The van der Waals surface area contributed by atoms with Crippen molar-refractivity contribution in [3.8, 4) is 11.5 Å². The largest absolute Gasteiger partial charge is 0.486 e. The number of nitrogens with zero attached hydrogens (tertiary/aromatic N) is 1. The van der Waals surface area contributed by atoms with Crippen molar-refractivity contribution in [2.24, 2.45) is 5.92 Å². The van der Waals surface area contributed by atoms with Gasteiger partial charge >= 0.3 is 0 Å². The van der Waals surface area contributed by atoms with Gasteiger partial charge in [0.2, 0.25) is 5.91 Å². The van der Waals surface area contributed by atoms with Crippen LogP contribution in [0.5, 0.6) is 11.5 Å². The van der Waals surface area contributed by atoms with Crippen LogP contribution in [0.15, 0.2) is 18.2 Å². The summed E-state index contributed by atoms with van der Waals surface area (Å²) in [5.74, 6) is 2.10. The van der Waals surface area contributed by atoms with E-state index in [1.807, 2.05) is 12.1 Å². The molecular formula is C22H29NO5. The number of fused-ring (bicyclic) bond motifs is 1. The summed E-state index contributed by atoms with van der Waals surface area (Å²) in [6.45, 7) is 4.03. The van der Waals surface area contributed by atoms with Gasteiger partial charge in [-0.05, 0) is 43.4 Å². The van der Waals surface area contributed by atoms with E-state index in [4.69, 9.17) is 18.9 Å². The molecule has 6 nitrogen and oxygen atoms in total. The van der Waals surface area contributed by atoms with Crippen LogP contribution in [0.2, 0.25) is 0 Å². The molecule has 0 bridgehead atoms. The number of amides is 1. The van der Waals surface area contributed by atoms with Gasteiger partial charge in [-0.25, -0.2) is 0 Å². The van der Waals surface area contributed by atoms with Crippen LogP contribution in [0.3, 0.4) is 0 Å². The van der Waals surface area contributed by atoms with E-state index in [1.54, 1.807) is 0 Å². The maximum absolute atomic E-state index is 13.8. The fourth-order valence-corrected chi connectivity index (χ4v) is 5.31. The minimum absolute atomic E-state index is 0.149. The molecular weight excluding hydrogens is 358 g/mol. The van der Waals surface area contributed by atoms with E-state index in [1.165, 1.54) is 0 Å². The van der Waals surface area contributed by atoms with E-state index in [0.717, 1.165) is 68.7 Å². The molecule has 1 atom stereocenters. The van der Waals surface area contributed by atoms with Crippen LogP contribution in [0, 0.1) is 5.92 Å². The van der Waals surface area contributed by atoms with Gasteiger partial charge in [-0.2, -0.15) is 0 Å². The third-order valence-electron chi connectivity index (χ3n) is 6.74. The summed E-state index contributed by atoms with van der Waals surface area (Å²) >= 11 is 0. The fraction of sp³-hybridized carbons (Fsp3) is 0.682. The first-order chi connectivity index (χ1) is 13.8. The summed E-state index contributed by atoms with van der Waals surface area (Å²) in [4.78, 5) is 15.9. The number of likely N-dealkylation sites (tertiary alicyclic amines) is 1. The lowest BCUT2D eigenvalue weighted by Crippen LogP contribution is -2.51. The summed E-state index contributed by atoms with van der Waals surface area (Å²) in [7, 11) is 0. The predicted molar refractivity (Wildman–Crippen MR) is 103 cm³/mol. The first kappa shape index (κ1) is 18.3. The lowest BCUT2D eigenvalue weighted by molar-refractivity contribution is -0.145. The highest BCUT2D eigenvalue weighted by Gasteiger charge is 2.46. The van der Waals surface area contributed by atoms with Crippen molar-refractivity contribution in [1.82, 2.24) is 4.90 Å². The van der Waals surface area contributed by atoms with Crippen LogP contribution in [0.4, 0.5) is 0 Å². The summed E-state index contributed by atoms with van der Waals surface area (Å²) in [6, 6.07) is 6.08. The van der Waals surface area contributed by atoms with Crippen molar-refractivity contribution in [2.75, 3.05) is 39.5 Å². The molecule has 152 valence electrons. The van der Waals surface area contributed by atoms with E-state index >= 15 is 0 Å². The van der Waals surface area contributed by atoms with Crippen molar-refractivity contribution < 1.29 is 23.7 Å². The molecule has 2 saturated heterocycles. The number of carbonyl (C=O) groups excluding carboxylic acids is 1. The Morgan fingerprint density at radius 3 is 2.50 bits per heavy atom. The molecule has 1 aromatic carbocycles. The number of benzene rings is 1.